The molecule has 1 aromatic carbocycles. The van der Waals surface area contributed by atoms with E-state index in [1.807, 2.05) is 12.1 Å². The predicted molar refractivity (Wildman–Crippen MR) is 258 cm³/mol. The second-order valence-electron chi connectivity index (χ2n) is 21.1. The number of ether oxygens (including phenoxy) is 14. The standard InChI is InChI=1S/C48H74O34Te/c49-6-14-35-22(56)29(63)43(70-14)78-37-16(8-51)72-45(31(65)24(37)58)80-39-18(10-53)74-47(33(67)26(39)60)82-41-20(12-83-13-4-2-1-3-5-13)75-48(34(68)27(41)61)81-40-19(11-54)73-46(32(66)25(40)59)79-38-17(9-52)71-44(30(64)23(38)57)77-36-15(7-50)69-42(76-35)28(62)21(36)55/h1-5,14-68H,6-12H2/t14-,15-,16-,17-,18-,19-,20-,21-,22+,23-,24+,25-,26+,27-,28-,29+,30-,31+,32-,33-,34-,35-,36-,37-,38-,39-,40-,41-,42-,43-,44-,45-,46-,47-,48-/m1/s1. The van der Waals surface area contributed by atoms with Gasteiger partial charge in [0.2, 0.25) is 0 Å². The van der Waals surface area contributed by atoms with Crippen molar-refractivity contribution in [3.63, 3.8) is 0 Å². The Balaban J connectivity index is 1.01. The van der Waals surface area contributed by atoms with Crippen LogP contribution in [0.5, 0.6) is 0 Å². The molecule has 1 aromatic rings. The van der Waals surface area contributed by atoms with Gasteiger partial charge in [-0.2, -0.15) is 0 Å². The maximum absolute atomic E-state index is 11.8. The monoisotopic (exact) mass is 1320 g/mol. The molecule has 0 unspecified atom stereocenters. The first kappa shape index (κ1) is 66.1. The smallest absolute Gasteiger partial charge is 0.394 e. The fourth-order valence-corrected chi connectivity index (χ4v) is 13.9. The van der Waals surface area contributed by atoms with Crippen LogP contribution in [0.25, 0.3) is 0 Å². The number of aliphatic hydroxyl groups excluding tert-OH is 20. The van der Waals surface area contributed by atoms with Crippen molar-refractivity contribution in [2.75, 3.05) is 39.6 Å². The third-order valence-corrected chi connectivity index (χ3v) is 18.9. The minimum Gasteiger partial charge on any atom is -0.394 e. The van der Waals surface area contributed by atoms with Crippen LogP contribution in [0.4, 0.5) is 0 Å². The molecule has 0 aromatic heterocycles. The second-order valence-corrected chi connectivity index (χ2v) is 24.2. The Morgan fingerprint density at radius 3 is 0.614 bits per heavy atom. The summed E-state index contributed by atoms with van der Waals surface area (Å²) in [4.78, 5) is 0. The van der Waals surface area contributed by atoms with Crippen molar-refractivity contribution in [3.05, 3.63) is 30.3 Å². The van der Waals surface area contributed by atoms with E-state index in [0.717, 1.165) is 3.61 Å². The quantitative estimate of drug-likeness (QED) is 0.102. The molecule has 0 saturated carbocycles. The molecule has 21 heterocycles. The van der Waals surface area contributed by atoms with E-state index in [1.54, 1.807) is 18.2 Å². The Labute approximate surface area is 480 Å². The van der Waals surface area contributed by atoms with Gasteiger partial charge < -0.3 is 84.6 Å². The van der Waals surface area contributed by atoms with Crippen LogP contribution in [0, 0.1) is 0 Å². The van der Waals surface area contributed by atoms with Gasteiger partial charge in [0.1, 0.15) is 61.0 Å². The number of hydrogen-bond donors (Lipinski definition) is 20. The van der Waals surface area contributed by atoms with Gasteiger partial charge in [-0.25, -0.2) is 0 Å². The van der Waals surface area contributed by atoms with Gasteiger partial charge in [-0.05, 0) is 0 Å². The average molecular weight is 1320 g/mol. The fraction of sp³-hybridized carbons (Fsp3) is 0.875. The molecule has 14 bridgehead atoms. The Morgan fingerprint density at radius 1 is 0.241 bits per heavy atom. The Kier molecular flexibility index (Phi) is 22.8. The van der Waals surface area contributed by atoms with Crippen LogP contribution in [0.2, 0.25) is 4.47 Å². The summed E-state index contributed by atoms with van der Waals surface area (Å²) in [5.41, 5.74) is 0. The van der Waals surface area contributed by atoms with Crippen LogP contribution in [0.3, 0.4) is 0 Å². The van der Waals surface area contributed by atoms with E-state index in [2.05, 4.69) is 0 Å². The molecule has 20 N–H and O–H groups in total. The van der Waals surface area contributed by atoms with Gasteiger partial charge >= 0.3 is 291 Å². The van der Waals surface area contributed by atoms with E-state index < -0.39 is 276 Å². The van der Waals surface area contributed by atoms with Crippen LogP contribution < -0.4 is 3.61 Å². The minimum atomic E-state index is -2.20. The molecule has 0 aliphatic carbocycles. The third kappa shape index (κ3) is 13.6. The molecular weight excluding hydrogens is 1250 g/mol. The minimum absolute atomic E-state index is 0.0733. The van der Waals surface area contributed by atoms with Crippen molar-refractivity contribution in [2.45, 2.75) is 219 Å². The molecule has 22 rings (SSSR count). The van der Waals surface area contributed by atoms with Gasteiger partial charge in [-0.1, -0.05) is 0 Å². The van der Waals surface area contributed by atoms with Gasteiger partial charge in [0.25, 0.3) is 0 Å². The molecule has 34 nitrogen and oxygen atoms in total. The zero-order chi connectivity index (χ0) is 59.9. The molecule has 21 saturated heterocycles. The molecule has 476 valence electrons. The molecular formula is C48H74O34Te. The zero-order valence-corrected chi connectivity index (χ0v) is 45.9. The topological polar surface area (TPSA) is 534 Å². The van der Waals surface area contributed by atoms with E-state index in [1.165, 1.54) is 0 Å². The summed E-state index contributed by atoms with van der Waals surface area (Å²) in [6.07, 6.45) is -68.5. The summed E-state index contributed by atoms with van der Waals surface area (Å²) in [6, 6.07) is 8.95. The molecule has 0 spiro atoms. The van der Waals surface area contributed by atoms with Crippen molar-refractivity contribution in [1.82, 2.24) is 0 Å². The first-order chi connectivity index (χ1) is 39.7. The molecule has 21 fully saturated rings. The van der Waals surface area contributed by atoms with Crippen molar-refractivity contribution in [2.24, 2.45) is 0 Å². The van der Waals surface area contributed by atoms with E-state index in [4.69, 9.17) is 66.3 Å². The Bertz CT molecular complexity index is 2140. The summed E-state index contributed by atoms with van der Waals surface area (Å²) in [5, 5.41) is 223. The van der Waals surface area contributed by atoms with Crippen molar-refractivity contribution in [3.8, 4) is 0 Å². The van der Waals surface area contributed by atoms with Gasteiger partial charge in [0.15, 0.2) is 18.9 Å². The normalized spacial score (nSPS) is 52.2. The summed E-state index contributed by atoms with van der Waals surface area (Å²) in [5.74, 6) is 0. The van der Waals surface area contributed by atoms with E-state index in [0.29, 0.717) is 0 Å². The van der Waals surface area contributed by atoms with Gasteiger partial charge in [0.05, 0.1) is 26.4 Å². The van der Waals surface area contributed by atoms with Crippen LogP contribution in [-0.4, -0.2) is 378 Å². The van der Waals surface area contributed by atoms with Gasteiger partial charge in [-0.3, -0.25) is 0 Å². The van der Waals surface area contributed by atoms with Gasteiger partial charge in [-0.15, -0.1) is 0 Å². The predicted octanol–water partition coefficient (Wildman–Crippen LogP) is -13.8. The molecule has 0 amide bonds. The summed E-state index contributed by atoms with van der Waals surface area (Å²) in [6.45, 7) is -6.15. The first-order valence-electron chi connectivity index (χ1n) is 26.7. The molecule has 35 heteroatoms. The van der Waals surface area contributed by atoms with Crippen LogP contribution in [0.1, 0.15) is 0 Å². The molecule has 21 aliphatic rings. The SMILES string of the molecule is OC[C@H]1O[C@@H]2O[C@H]3[C@H](O)[C@@H](O)[C@@H](O[C@H]4[C@@H](O)[C@H](O)[C@@H](O[C@H]5[C@@H](O)[C@H](O)[C@@H](O[C@H]6[C@@H](O)[C@@H](O)[C@@H](O[C@H]7[C@H](O)[C@@H](O)[C@@H](O[C@H]8[C@H](O)[C@@H](O)[C@@H](O[C@H]1[C@H](O)[C@H]2O)O[C@@H]8CO)O[C@@H]7C[Te]c1ccccc1)O[C@@H]6CO)O[C@@H]5CO)O[C@@H]4CO)O[C@@H]3CO. The number of rotatable bonds is 9. The summed E-state index contributed by atoms with van der Waals surface area (Å²) >= 11 is -1.28. The van der Waals surface area contributed by atoms with Crippen molar-refractivity contribution < 1.29 is 168 Å². The van der Waals surface area contributed by atoms with E-state index in [9.17, 15) is 102 Å². The van der Waals surface area contributed by atoms with Crippen molar-refractivity contribution in [1.29, 1.82) is 0 Å². The molecule has 21 aliphatic heterocycles. The molecule has 0 radical (unpaired) electrons. The third-order valence-electron chi connectivity index (χ3n) is 15.8. The Hall–Kier alpha value is -1.35. The van der Waals surface area contributed by atoms with E-state index >= 15 is 0 Å². The van der Waals surface area contributed by atoms with Crippen LogP contribution in [0.15, 0.2) is 30.3 Å². The number of aliphatic hydroxyl groups is 20. The molecule has 35 atom stereocenters. The van der Waals surface area contributed by atoms with Crippen molar-refractivity contribution >= 4 is 24.5 Å². The summed E-state index contributed by atoms with van der Waals surface area (Å²) in [7, 11) is 0. The maximum atomic E-state index is 11.8. The van der Waals surface area contributed by atoms with E-state index in [-0.39, 0.29) is 4.47 Å². The fourth-order valence-electron chi connectivity index (χ4n) is 11.1. The first-order valence-corrected chi connectivity index (χ1v) is 29.5. The number of benzene rings is 1. The second kappa shape index (κ2) is 28.6. The summed E-state index contributed by atoms with van der Waals surface area (Å²) < 4.78 is 82.5. The zero-order valence-electron chi connectivity index (χ0n) is 43.6. The Morgan fingerprint density at radius 2 is 0.422 bits per heavy atom. The number of hydrogen-bond acceptors (Lipinski definition) is 34. The molecule has 83 heavy (non-hydrogen) atoms. The van der Waals surface area contributed by atoms with Gasteiger partial charge in [0, 0.05) is 0 Å². The van der Waals surface area contributed by atoms with Crippen LogP contribution in [-0.2, 0) is 66.3 Å². The van der Waals surface area contributed by atoms with Crippen LogP contribution >= 0.6 is 0 Å². The average Bonchev–Trinajstić information content (AvgIpc) is 3.67.